The molecule has 0 atom stereocenters. The number of nitrogens with zero attached hydrogens (tertiary/aromatic N) is 4. The number of amides is 1. The molecule has 1 aromatic carbocycles. The molecule has 0 spiro atoms. The maximum Gasteiger partial charge on any atom is 0.244 e. The quantitative estimate of drug-likeness (QED) is 0.881. The van der Waals surface area contributed by atoms with Crippen LogP contribution in [0.4, 0.5) is 5.69 Å². The number of ether oxygens (including phenoxy) is 1. The number of anilines is 1. The molecule has 1 N–H and O–H groups in total. The zero-order chi connectivity index (χ0) is 14.4. The van der Waals surface area contributed by atoms with Crippen LogP contribution in [0.25, 0.3) is 0 Å². The van der Waals surface area contributed by atoms with Crippen LogP contribution in [0, 0.1) is 11.3 Å². The summed E-state index contributed by atoms with van der Waals surface area (Å²) in [6.45, 7) is 2.35. The van der Waals surface area contributed by atoms with Crippen molar-refractivity contribution in [3.8, 4) is 11.8 Å². The number of aromatic nitrogens is 3. The summed E-state index contributed by atoms with van der Waals surface area (Å²) in [5.74, 6) is 0.416. The highest BCUT2D eigenvalue weighted by Crippen LogP contribution is 2.23. The van der Waals surface area contributed by atoms with Gasteiger partial charge in [-0.05, 0) is 19.1 Å². The average molecular weight is 271 g/mol. The molecule has 0 aliphatic carbocycles. The van der Waals surface area contributed by atoms with Crippen LogP contribution in [0.5, 0.6) is 5.75 Å². The first-order valence-corrected chi connectivity index (χ1v) is 6.04. The molecular formula is C13H13N5O2. The molecule has 2 aromatic rings. The van der Waals surface area contributed by atoms with Crippen molar-refractivity contribution in [2.24, 2.45) is 0 Å². The first-order chi connectivity index (χ1) is 9.74. The van der Waals surface area contributed by atoms with Crippen LogP contribution in [-0.2, 0) is 11.3 Å². The monoisotopic (exact) mass is 271 g/mol. The number of nitriles is 1. The Morgan fingerprint density at radius 2 is 2.30 bits per heavy atom. The van der Waals surface area contributed by atoms with Gasteiger partial charge in [-0.2, -0.15) is 5.26 Å². The van der Waals surface area contributed by atoms with Gasteiger partial charge in [0.15, 0.2) is 0 Å². The van der Waals surface area contributed by atoms with Crippen LogP contribution in [-0.4, -0.2) is 27.3 Å². The Balaban J connectivity index is 2.07. The summed E-state index contributed by atoms with van der Waals surface area (Å²) >= 11 is 0. The van der Waals surface area contributed by atoms with Crippen molar-refractivity contribution in [1.29, 1.82) is 5.26 Å². The van der Waals surface area contributed by atoms with Crippen molar-refractivity contribution in [1.82, 2.24) is 14.8 Å². The lowest BCUT2D eigenvalue weighted by atomic mass is 10.3. The van der Waals surface area contributed by atoms with E-state index in [2.05, 4.69) is 15.5 Å². The molecule has 0 aliphatic heterocycles. The predicted octanol–water partition coefficient (Wildman–Crippen LogP) is 1.19. The van der Waals surface area contributed by atoms with Gasteiger partial charge < -0.3 is 10.1 Å². The minimum Gasteiger partial charge on any atom is -0.492 e. The number of carbonyl (C=O) groups is 1. The first kappa shape index (κ1) is 13.5. The first-order valence-electron chi connectivity index (χ1n) is 6.04. The van der Waals surface area contributed by atoms with Gasteiger partial charge in [-0.15, -0.1) is 10.2 Å². The highest BCUT2D eigenvalue weighted by Gasteiger charge is 2.10. The fourth-order valence-corrected chi connectivity index (χ4v) is 1.65. The molecule has 1 aromatic heterocycles. The molecular weight excluding hydrogens is 258 g/mol. The Morgan fingerprint density at radius 3 is 3.05 bits per heavy atom. The minimum absolute atomic E-state index is 0.0314. The molecule has 0 fully saturated rings. The largest absolute Gasteiger partial charge is 0.492 e. The topological polar surface area (TPSA) is 92.8 Å². The summed E-state index contributed by atoms with van der Waals surface area (Å²) in [6.07, 6.45) is 1.34. The fourth-order valence-electron chi connectivity index (χ4n) is 1.65. The Morgan fingerprint density at radius 1 is 1.50 bits per heavy atom. The van der Waals surface area contributed by atoms with E-state index in [1.807, 2.05) is 19.1 Å². The van der Waals surface area contributed by atoms with Crippen LogP contribution in [0.15, 0.2) is 30.6 Å². The lowest BCUT2D eigenvalue weighted by Crippen LogP contribution is -2.19. The summed E-state index contributed by atoms with van der Waals surface area (Å²) in [5, 5.41) is 18.7. The smallest absolute Gasteiger partial charge is 0.244 e. The summed E-state index contributed by atoms with van der Waals surface area (Å²) < 4.78 is 6.79. The second-order valence-corrected chi connectivity index (χ2v) is 3.87. The summed E-state index contributed by atoms with van der Waals surface area (Å²) in [5.41, 5.74) is 0.589. The molecule has 0 saturated heterocycles. The van der Waals surface area contributed by atoms with Crippen molar-refractivity contribution in [2.45, 2.75) is 13.5 Å². The standard InChI is InChI=1S/C13H13N5O2/c1-2-20-11-6-4-3-5-10(11)16-13(19)8-18-9-15-17-12(18)7-14/h3-6,9H,2,8H2,1H3,(H,16,19). The normalized spacial score (nSPS) is 9.80. The van der Waals surface area contributed by atoms with Crippen molar-refractivity contribution in [2.75, 3.05) is 11.9 Å². The number of benzene rings is 1. The van der Waals surface area contributed by atoms with E-state index < -0.39 is 0 Å². The predicted molar refractivity (Wildman–Crippen MR) is 71.0 cm³/mol. The van der Waals surface area contributed by atoms with Gasteiger partial charge in [-0.25, -0.2) is 0 Å². The Hall–Kier alpha value is -2.88. The van der Waals surface area contributed by atoms with Gasteiger partial charge in [0.2, 0.25) is 11.7 Å². The molecule has 7 heteroatoms. The van der Waals surface area contributed by atoms with Crippen LogP contribution in [0.3, 0.4) is 0 Å². The number of hydrogen-bond acceptors (Lipinski definition) is 5. The molecule has 1 amide bonds. The van der Waals surface area contributed by atoms with Gasteiger partial charge in [0.25, 0.3) is 0 Å². The summed E-state index contributed by atoms with van der Waals surface area (Å²) in [6, 6.07) is 9.02. The lowest BCUT2D eigenvalue weighted by Gasteiger charge is -2.11. The zero-order valence-corrected chi connectivity index (χ0v) is 10.9. The van der Waals surface area contributed by atoms with E-state index in [0.29, 0.717) is 18.0 Å². The van der Waals surface area contributed by atoms with E-state index >= 15 is 0 Å². The van der Waals surface area contributed by atoms with Crippen molar-refractivity contribution < 1.29 is 9.53 Å². The average Bonchev–Trinajstić information content (AvgIpc) is 2.88. The molecule has 0 aliphatic rings. The third kappa shape index (κ3) is 3.11. The Labute approximate surface area is 115 Å². The molecule has 2 rings (SSSR count). The highest BCUT2D eigenvalue weighted by atomic mass is 16.5. The lowest BCUT2D eigenvalue weighted by molar-refractivity contribution is -0.116. The Kier molecular flexibility index (Phi) is 4.29. The second-order valence-electron chi connectivity index (χ2n) is 3.87. The number of para-hydroxylation sites is 2. The molecule has 1 heterocycles. The molecule has 0 saturated carbocycles. The van der Waals surface area contributed by atoms with Crippen LogP contribution >= 0.6 is 0 Å². The van der Waals surface area contributed by atoms with Crippen LogP contribution < -0.4 is 10.1 Å². The van der Waals surface area contributed by atoms with Crippen LogP contribution in [0.2, 0.25) is 0 Å². The third-order valence-corrected chi connectivity index (χ3v) is 2.49. The number of carbonyl (C=O) groups excluding carboxylic acids is 1. The van der Waals surface area contributed by atoms with E-state index in [-0.39, 0.29) is 18.3 Å². The van der Waals surface area contributed by atoms with Crippen LogP contribution in [0.1, 0.15) is 12.7 Å². The van der Waals surface area contributed by atoms with Crippen molar-refractivity contribution in [3.05, 3.63) is 36.4 Å². The molecule has 0 bridgehead atoms. The van der Waals surface area contributed by atoms with Gasteiger partial charge in [-0.3, -0.25) is 9.36 Å². The fraction of sp³-hybridized carbons (Fsp3) is 0.231. The van der Waals surface area contributed by atoms with Gasteiger partial charge in [0.1, 0.15) is 24.7 Å². The Bertz CT molecular complexity index is 644. The summed E-state index contributed by atoms with van der Waals surface area (Å²) in [7, 11) is 0. The maximum absolute atomic E-state index is 12.0. The highest BCUT2D eigenvalue weighted by molar-refractivity contribution is 5.92. The number of rotatable bonds is 5. The van der Waals surface area contributed by atoms with E-state index in [4.69, 9.17) is 10.00 Å². The molecule has 7 nitrogen and oxygen atoms in total. The number of nitrogens with one attached hydrogen (secondary N) is 1. The van der Waals surface area contributed by atoms with Gasteiger partial charge in [-0.1, -0.05) is 12.1 Å². The van der Waals surface area contributed by atoms with E-state index in [1.54, 1.807) is 18.2 Å². The molecule has 102 valence electrons. The van der Waals surface area contributed by atoms with E-state index in [9.17, 15) is 4.79 Å². The maximum atomic E-state index is 12.0. The second kappa shape index (κ2) is 6.33. The van der Waals surface area contributed by atoms with Gasteiger partial charge in [0.05, 0.1) is 12.3 Å². The molecule has 20 heavy (non-hydrogen) atoms. The van der Waals surface area contributed by atoms with E-state index in [1.165, 1.54) is 10.9 Å². The third-order valence-electron chi connectivity index (χ3n) is 2.49. The van der Waals surface area contributed by atoms with Gasteiger partial charge in [0, 0.05) is 0 Å². The molecule has 0 unspecified atom stereocenters. The summed E-state index contributed by atoms with van der Waals surface area (Å²) in [4.78, 5) is 12.0. The van der Waals surface area contributed by atoms with E-state index in [0.717, 1.165) is 0 Å². The van der Waals surface area contributed by atoms with Crippen molar-refractivity contribution in [3.63, 3.8) is 0 Å². The SMILES string of the molecule is CCOc1ccccc1NC(=O)Cn1cnnc1C#N. The molecule has 0 radical (unpaired) electrons. The number of hydrogen-bond donors (Lipinski definition) is 1. The zero-order valence-electron chi connectivity index (χ0n) is 10.9. The van der Waals surface area contributed by atoms with Gasteiger partial charge >= 0.3 is 0 Å². The minimum atomic E-state index is -0.284. The van der Waals surface area contributed by atoms with Crippen molar-refractivity contribution >= 4 is 11.6 Å².